The van der Waals surface area contributed by atoms with Gasteiger partial charge in [-0.05, 0) is 50.0 Å². The summed E-state index contributed by atoms with van der Waals surface area (Å²) in [5, 5.41) is 15.9. The predicted molar refractivity (Wildman–Crippen MR) is 82.0 cm³/mol. The number of hydrogen-bond acceptors (Lipinski definition) is 2. The van der Waals surface area contributed by atoms with Gasteiger partial charge in [0.25, 0.3) is 0 Å². The molecule has 2 saturated carbocycles. The minimum atomic E-state index is -0.661. The van der Waals surface area contributed by atoms with E-state index in [4.69, 9.17) is 0 Å². The Kier molecular flexibility index (Phi) is 4.15. The molecule has 2 amide bonds. The van der Waals surface area contributed by atoms with Gasteiger partial charge < -0.3 is 15.7 Å². The largest absolute Gasteiger partial charge is 0.388 e. The van der Waals surface area contributed by atoms with Crippen molar-refractivity contribution in [2.45, 2.75) is 50.2 Å². The lowest BCUT2D eigenvalue weighted by atomic mass is 9.80. The molecule has 0 radical (unpaired) electrons. The predicted octanol–water partition coefficient (Wildman–Crippen LogP) is 2.22. The van der Waals surface area contributed by atoms with Gasteiger partial charge in [-0.25, -0.2) is 4.79 Å². The zero-order valence-corrected chi connectivity index (χ0v) is 12.3. The Morgan fingerprint density at radius 1 is 1.29 bits per heavy atom. The van der Waals surface area contributed by atoms with E-state index < -0.39 is 5.60 Å². The number of carbonyl (C=O) groups is 1. The highest BCUT2D eigenvalue weighted by atomic mass is 16.3. The van der Waals surface area contributed by atoms with Gasteiger partial charge in [0.1, 0.15) is 0 Å². The molecule has 1 aromatic rings. The highest BCUT2D eigenvalue weighted by Gasteiger charge is 2.35. The molecule has 1 atom stereocenters. The maximum atomic E-state index is 12.0. The van der Waals surface area contributed by atoms with Gasteiger partial charge in [-0.2, -0.15) is 0 Å². The van der Waals surface area contributed by atoms with Gasteiger partial charge >= 0.3 is 6.03 Å². The van der Waals surface area contributed by atoms with Gasteiger partial charge in [0, 0.05) is 12.6 Å². The van der Waals surface area contributed by atoms with Crippen LogP contribution in [0.5, 0.6) is 0 Å². The van der Waals surface area contributed by atoms with E-state index in [1.54, 1.807) is 0 Å². The molecule has 0 spiro atoms. The molecule has 1 aromatic carbocycles. The topological polar surface area (TPSA) is 61.4 Å². The average Bonchev–Trinajstić information content (AvgIpc) is 3.28. The molecule has 4 heteroatoms. The van der Waals surface area contributed by atoms with Gasteiger partial charge in [0.2, 0.25) is 0 Å². The molecule has 2 fully saturated rings. The molecule has 21 heavy (non-hydrogen) atoms. The molecule has 0 aliphatic heterocycles. The van der Waals surface area contributed by atoms with Crippen LogP contribution >= 0.6 is 0 Å². The molecule has 2 aliphatic rings. The molecule has 0 aromatic heterocycles. The standard InChI is InChI=1S/C17H24N2O2/c20-16(18-12-17(21)9-4-10-17)19-15(14-7-8-14)11-13-5-2-1-3-6-13/h1-3,5-6,14-15,21H,4,7-12H2,(H2,18,19,20)/t15-/m0/s1. The van der Waals surface area contributed by atoms with Gasteiger partial charge in [0.15, 0.2) is 0 Å². The van der Waals surface area contributed by atoms with Crippen molar-refractivity contribution in [3.05, 3.63) is 35.9 Å². The van der Waals surface area contributed by atoms with Crippen LogP contribution in [0.25, 0.3) is 0 Å². The summed E-state index contributed by atoms with van der Waals surface area (Å²) in [6.45, 7) is 0.363. The first-order valence-electron chi connectivity index (χ1n) is 7.95. The lowest BCUT2D eigenvalue weighted by molar-refractivity contribution is -0.0290. The zero-order chi connectivity index (χ0) is 14.7. The maximum absolute atomic E-state index is 12.0. The quantitative estimate of drug-likeness (QED) is 0.751. The minimum absolute atomic E-state index is 0.150. The minimum Gasteiger partial charge on any atom is -0.388 e. The van der Waals surface area contributed by atoms with E-state index in [-0.39, 0.29) is 12.1 Å². The highest BCUT2D eigenvalue weighted by molar-refractivity contribution is 5.74. The van der Waals surface area contributed by atoms with E-state index in [0.717, 1.165) is 25.7 Å². The third-order valence-corrected chi connectivity index (χ3v) is 4.67. The monoisotopic (exact) mass is 288 g/mol. The third-order valence-electron chi connectivity index (χ3n) is 4.67. The van der Waals surface area contributed by atoms with E-state index in [2.05, 4.69) is 22.8 Å². The Morgan fingerprint density at radius 3 is 2.57 bits per heavy atom. The van der Waals surface area contributed by atoms with Crippen molar-refractivity contribution in [2.24, 2.45) is 5.92 Å². The van der Waals surface area contributed by atoms with Crippen LogP contribution in [0, 0.1) is 5.92 Å². The second-order valence-electron chi connectivity index (χ2n) is 6.54. The third kappa shape index (κ3) is 3.97. The molecular weight excluding hydrogens is 264 g/mol. The van der Waals surface area contributed by atoms with Crippen LogP contribution in [0.4, 0.5) is 4.79 Å². The van der Waals surface area contributed by atoms with Gasteiger partial charge in [-0.15, -0.1) is 0 Å². The summed E-state index contributed by atoms with van der Waals surface area (Å²) >= 11 is 0. The van der Waals surface area contributed by atoms with Crippen LogP contribution in [0.2, 0.25) is 0 Å². The van der Waals surface area contributed by atoms with Crippen LogP contribution in [-0.4, -0.2) is 29.3 Å². The smallest absolute Gasteiger partial charge is 0.315 e. The van der Waals surface area contributed by atoms with Crippen molar-refractivity contribution < 1.29 is 9.90 Å². The highest BCUT2D eigenvalue weighted by Crippen LogP contribution is 2.34. The number of urea groups is 1. The summed E-state index contributed by atoms with van der Waals surface area (Å²) < 4.78 is 0. The normalized spacial score (nSPS) is 21.2. The van der Waals surface area contributed by atoms with E-state index in [9.17, 15) is 9.90 Å². The zero-order valence-electron chi connectivity index (χ0n) is 12.3. The number of hydrogen-bond donors (Lipinski definition) is 3. The van der Waals surface area contributed by atoms with Crippen molar-refractivity contribution in [2.75, 3.05) is 6.54 Å². The Balaban J connectivity index is 1.49. The van der Waals surface area contributed by atoms with Crippen LogP contribution < -0.4 is 10.6 Å². The van der Waals surface area contributed by atoms with E-state index in [1.165, 1.54) is 18.4 Å². The summed E-state index contributed by atoms with van der Waals surface area (Å²) in [7, 11) is 0. The number of amides is 2. The van der Waals surface area contributed by atoms with E-state index in [0.29, 0.717) is 12.5 Å². The summed E-state index contributed by atoms with van der Waals surface area (Å²) in [5.74, 6) is 0.600. The molecule has 0 heterocycles. The molecule has 0 bridgehead atoms. The summed E-state index contributed by atoms with van der Waals surface area (Å²) in [6.07, 6.45) is 5.91. The summed E-state index contributed by atoms with van der Waals surface area (Å²) in [4.78, 5) is 12.0. The number of rotatable bonds is 6. The second kappa shape index (κ2) is 6.06. The average molecular weight is 288 g/mol. The van der Waals surface area contributed by atoms with Crippen molar-refractivity contribution in [3.8, 4) is 0 Å². The molecule has 4 nitrogen and oxygen atoms in total. The Hall–Kier alpha value is -1.55. The van der Waals surface area contributed by atoms with Crippen molar-refractivity contribution in [1.82, 2.24) is 10.6 Å². The molecular formula is C17H24N2O2. The van der Waals surface area contributed by atoms with Gasteiger partial charge in [0.05, 0.1) is 5.60 Å². The molecule has 0 unspecified atom stereocenters. The number of nitrogens with one attached hydrogen (secondary N) is 2. The van der Waals surface area contributed by atoms with Crippen LogP contribution in [0.1, 0.15) is 37.7 Å². The lowest BCUT2D eigenvalue weighted by Crippen LogP contribution is -2.52. The number of aliphatic hydroxyl groups is 1. The molecule has 2 aliphatic carbocycles. The summed E-state index contributed by atoms with van der Waals surface area (Å²) in [6, 6.07) is 10.3. The first kappa shape index (κ1) is 14.4. The molecule has 3 N–H and O–H groups in total. The first-order chi connectivity index (χ1) is 10.1. The Labute approximate surface area is 125 Å². The van der Waals surface area contributed by atoms with Gasteiger partial charge in [-0.1, -0.05) is 30.3 Å². The molecule has 0 saturated heterocycles. The SMILES string of the molecule is O=C(NCC1(O)CCC1)N[C@@H](Cc1ccccc1)C1CC1. The fourth-order valence-corrected chi connectivity index (χ4v) is 2.93. The first-order valence-corrected chi connectivity index (χ1v) is 7.95. The number of carbonyl (C=O) groups excluding carboxylic acids is 1. The number of benzene rings is 1. The van der Waals surface area contributed by atoms with Crippen molar-refractivity contribution >= 4 is 6.03 Å². The van der Waals surface area contributed by atoms with E-state index >= 15 is 0 Å². The maximum Gasteiger partial charge on any atom is 0.315 e. The molecule has 114 valence electrons. The van der Waals surface area contributed by atoms with Gasteiger partial charge in [-0.3, -0.25) is 0 Å². The molecule has 3 rings (SSSR count). The summed E-state index contributed by atoms with van der Waals surface area (Å²) in [5.41, 5.74) is 0.596. The van der Waals surface area contributed by atoms with Crippen LogP contribution in [-0.2, 0) is 6.42 Å². The van der Waals surface area contributed by atoms with Crippen molar-refractivity contribution in [3.63, 3.8) is 0 Å². The Morgan fingerprint density at radius 2 is 2.00 bits per heavy atom. The second-order valence-corrected chi connectivity index (χ2v) is 6.54. The van der Waals surface area contributed by atoms with Crippen molar-refractivity contribution in [1.29, 1.82) is 0 Å². The van der Waals surface area contributed by atoms with Crippen LogP contribution in [0.15, 0.2) is 30.3 Å². The fourth-order valence-electron chi connectivity index (χ4n) is 2.93. The van der Waals surface area contributed by atoms with Crippen LogP contribution in [0.3, 0.4) is 0 Å². The lowest BCUT2D eigenvalue weighted by Gasteiger charge is -2.36. The van der Waals surface area contributed by atoms with E-state index in [1.807, 2.05) is 18.2 Å². The Bertz CT molecular complexity index is 481. The fraction of sp³-hybridized carbons (Fsp3) is 0.588.